The molecule has 2 aromatic carbocycles. The number of benzene rings is 2. The Balaban J connectivity index is 1.47. The summed E-state index contributed by atoms with van der Waals surface area (Å²) in [6.07, 6.45) is 1.67. The number of tetrazole rings is 1. The Hall–Kier alpha value is -3.62. The normalized spacial score (nSPS) is 12.4. The third-order valence-corrected chi connectivity index (χ3v) is 7.70. The van der Waals surface area contributed by atoms with E-state index >= 15 is 0 Å². The van der Waals surface area contributed by atoms with Crippen LogP contribution in [0.2, 0.25) is 0 Å². The van der Waals surface area contributed by atoms with Crippen LogP contribution in [0, 0.1) is 13.8 Å². The summed E-state index contributed by atoms with van der Waals surface area (Å²) >= 11 is 1.72. The molecule has 5 rings (SSSR count). The number of nitrogens with zero attached hydrogens (tertiary/aromatic N) is 5. The van der Waals surface area contributed by atoms with Gasteiger partial charge in [0.05, 0.1) is 6.04 Å². The molecule has 0 fully saturated rings. The highest BCUT2D eigenvalue weighted by Crippen LogP contribution is 2.28. The van der Waals surface area contributed by atoms with E-state index < -0.39 is 0 Å². The van der Waals surface area contributed by atoms with Crippen LogP contribution in [0.4, 0.5) is 0 Å². The van der Waals surface area contributed by atoms with E-state index in [1.165, 1.54) is 10.4 Å². The van der Waals surface area contributed by atoms with Crippen LogP contribution in [-0.4, -0.2) is 30.1 Å². The summed E-state index contributed by atoms with van der Waals surface area (Å²) in [7, 11) is 0. The van der Waals surface area contributed by atoms with Gasteiger partial charge in [-0.2, -0.15) is 0 Å². The SMILES string of the molecule is CCC(c1nnnn1CCc1ccccc1)N(Cc1cccs1)Cc1cc2c(C)cc(C)cc2[nH]c1=O. The minimum Gasteiger partial charge on any atom is -0.322 e. The van der Waals surface area contributed by atoms with Gasteiger partial charge in [0, 0.05) is 41.0 Å². The Kier molecular flexibility index (Phi) is 7.58. The maximum Gasteiger partial charge on any atom is 0.252 e. The monoisotopic (exact) mass is 512 g/mol. The zero-order chi connectivity index (χ0) is 25.8. The van der Waals surface area contributed by atoms with Crippen LogP contribution in [0.5, 0.6) is 0 Å². The zero-order valence-corrected chi connectivity index (χ0v) is 22.3. The van der Waals surface area contributed by atoms with Gasteiger partial charge in [-0.05, 0) is 77.4 Å². The number of nitrogens with one attached hydrogen (secondary N) is 1. The second-order valence-electron chi connectivity index (χ2n) is 9.57. The highest BCUT2D eigenvalue weighted by atomic mass is 32.1. The lowest BCUT2D eigenvalue weighted by Crippen LogP contribution is -2.32. The number of thiophene rings is 1. The lowest BCUT2D eigenvalue weighted by molar-refractivity contribution is 0.162. The first kappa shape index (κ1) is 25.0. The van der Waals surface area contributed by atoms with E-state index in [2.05, 4.69) is 100 Å². The van der Waals surface area contributed by atoms with E-state index in [4.69, 9.17) is 0 Å². The van der Waals surface area contributed by atoms with E-state index in [1.807, 2.05) is 16.8 Å². The number of aryl methyl sites for hydroxylation is 4. The molecule has 37 heavy (non-hydrogen) atoms. The number of aromatic amines is 1. The van der Waals surface area contributed by atoms with Gasteiger partial charge in [-0.15, -0.1) is 16.4 Å². The molecule has 0 spiro atoms. The predicted octanol–water partition coefficient (Wildman–Crippen LogP) is 5.59. The second kappa shape index (κ2) is 11.2. The van der Waals surface area contributed by atoms with E-state index in [-0.39, 0.29) is 11.6 Å². The molecule has 190 valence electrons. The first-order valence-electron chi connectivity index (χ1n) is 12.7. The molecule has 0 radical (unpaired) electrons. The van der Waals surface area contributed by atoms with Crippen LogP contribution < -0.4 is 5.56 Å². The van der Waals surface area contributed by atoms with Crippen LogP contribution in [0.15, 0.2) is 70.8 Å². The topological polar surface area (TPSA) is 79.7 Å². The van der Waals surface area contributed by atoms with Crippen molar-refractivity contribution in [2.75, 3.05) is 0 Å². The molecule has 5 aromatic rings. The average Bonchev–Trinajstić information content (AvgIpc) is 3.57. The zero-order valence-electron chi connectivity index (χ0n) is 21.5. The number of aromatic nitrogens is 5. The molecule has 1 unspecified atom stereocenters. The van der Waals surface area contributed by atoms with Gasteiger partial charge in [0.1, 0.15) is 0 Å². The molecule has 3 heterocycles. The first-order chi connectivity index (χ1) is 18.0. The van der Waals surface area contributed by atoms with Gasteiger partial charge < -0.3 is 4.98 Å². The average molecular weight is 513 g/mol. The van der Waals surface area contributed by atoms with Crippen molar-refractivity contribution in [3.63, 3.8) is 0 Å². The minimum absolute atomic E-state index is 0.0397. The van der Waals surface area contributed by atoms with Crippen molar-refractivity contribution < 1.29 is 0 Å². The van der Waals surface area contributed by atoms with Crippen LogP contribution in [-0.2, 0) is 26.1 Å². The summed E-state index contributed by atoms with van der Waals surface area (Å²) in [5.41, 5.74) is 5.13. The van der Waals surface area contributed by atoms with Crippen molar-refractivity contribution in [2.24, 2.45) is 0 Å². The Labute approximate surface area is 220 Å². The lowest BCUT2D eigenvalue weighted by Gasteiger charge is -2.30. The Bertz CT molecular complexity index is 1520. The molecule has 1 N–H and O–H groups in total. The van der Waals surface area contributed by atoms with Gasteiger partial charge in [-0.1, -0.05) is 49.4 Å². The third kappa shape index (κ3) is 5.70. The number of pyridine rings is 1. The highest BCUT2D eigenvalue weighted by Gasteiger charge is 2.26. The van der Waals surface area contributed by atoms with Gasteiger partial charge in [0.2, 0.25) is 0 Å². The van der Waals surface area contributed by atoms with Crippen LogP contribution in [0.25, 0.3) is 10.9 Å². The predicted molar refractivity (Wildman–Crippen MR) is 149 cm³/mol. The van der Waals surface area contributed by atoms with Gasteiger partial charge in [0.25, 0.3) is 5.56 Å². The van der Waals surface area contributed by atoms with Crippen LogP contribution in [0.3, 0.4) is 0 Å². The largest absolute Gasteiger partial charge is 0.322 e. The molecule has 0 bridgehead atoms. The maximum absolute atomic E-state index is 13.2. The molecule has 0 saturated heterocycles. The smallest absolute Gasteiger partial charge is 0.252 e. The molecular formula is C29H32N6OS. The summed E-state index contributed by atoms with van der Waals surface area (Å²) in [4.78, 5) is 19.9. The molecular weight excluding hydrogens is 480 g/mol. The first-order valence-corrected chi connectivity index (χ1v) is 13.6. The summed E-state index contributed by atoms with van der Waals surface area (Å²) < 4.78 is 1.92. The maximum atomic E-state index is 13.2. The van der Waals surface area contributed by atoms with E-state index in [1.54, 1.807) is 11.3 Å². The number of hydrogen-bond acceptors (Lipinski definition) is 6. The van der Waals surface area contributed by atoms with Crippen molar-refractivity contribution in [1.82, 2.24) is 30.1 Å². The van der Waals surface area contributed by atoms with E-state index in [0.29, 0.717) is 19.6 Å². The van der Waals surface area contributed by atoms with Crippen molar-refractivity contribution >= 4 is 22.2 Å². The van der Waals surface area contributed by atoms with E-state index in [9.17, 15) is 4.79 Å². The standard InChI is InChI=1S/C29H32N6OS/c1-4-27(28-31-32-33-35(28)13-12-22-9-6-5-7-10-22)34(19-24-11-8-14-37-24)18-23-17-25-21(3)15-20(2)16-26(25)30-29(23)36/h5-11,14-17,27H,4,12-13,18-19H2,1-3H3,(H,30,36). The van der Waals surface area contributed by atoms with Gasteiger partial charge in [-0.25, -0.2) is 4.68 Å². The van der Waals surface area contributed by atoms with Gasteiger partial charge in [0.15, 0.2) is 5.82 Å². The third-order valence-electron chi connectivity index (χ3n) is 6.84. The molecule has 1 atom stereocenters. The minimum atomic E-state index is -0.0489. The van der Waals surface area contributed by atoms with Crippen molar-refractivity contribution in [1.29, 1.82) is 0 Å². The molecule has 0 aliphatic rings. The summed E-state index contributed by atoms with van der Waals surface area (Å²) in [6.45, 7) is 8.21. The fourth-order valence-corrected chi connectivity index (χ4v) is 5.75. The summed E-state index contributed by atoms with van der Waals surface area (Å²) in [5, 5.41) is 16.0. The molecule has 0 amide bonds. The number of hydrogen-bond donors (Lipinski definition) is 1. The fraction of sp³-hybridized carbons (Fsp3) is 0.310. The van der Waals surface area contributed by atoms with Crippen LogP contribution >= 0.6 is 11.3 Å². The van der Waals surface area contributed by atoms with E-state index in [0.717, 1.165) is 46.3 Å². The van der Waals surface area contributed by atoms with Crippen molar-refractivity contribution in [3.05, 3.63) is 109 Å². The number of fused-ring (bicyclic) bond motifs is 1. The van der Waals surface area contributed by atoms with Crippen molar-refractivity contribution in [2.45, 2.75) is 59.3 Å². The molecule has 0 aliphatic carbocycles. The molecule has 0 aliphatic heterocycles. The molecule has 7 nitrogen and oxygen atoms in total. The van der Waals surface area contributed by atoms with Crippen LogP contribution in [0.1, 0.15) is 52.3 Å². The Morgan fingerprint density at radius 2 is 1.89 bits per heavy atom. The molecule has 0 saturated carbocycles. The molecule has 8 heteroatoms. The number of H-pyrrole nitrogens is 1. The molecule has 3 aromatic heterocycles. The number of rotatable bonds is 10. The van der Waals surface area contributed by atoms with Crippen molar-refractivity contribution in [3.8, 4) is 0 Å². The highest BCUT2D eigenvalue weighted by molar-refractivity contribution is 7.09. The Morgan fingerprint density at radius 1 is 1.05 bits per heavy atom. The second-order valence-corrected chi connectivity index (χ2v) is 10.6. The quantitative estimate of drug-likeness (QED) is 0.264. The van der Waals surface area contributed by atoms with Gasteiger partial charge in [-0.3, -0.25) is 9.69 Å². The Morgan fingerprint density at radius 3 is 2.65 bits per heavy atom. The van der Waals surface area contributed by atoms with Gasteiger partial charge >= 0.3 is 0 Å². The summed E-state index contributed by atoms with van der Waals surface area (Å²) in [5.74, 6) is 0.832. The fourth-order valence-electron chi connectivity index (χ4n) is 5.02. The lowest BCUT2D eigenvalue weighted by atomic mass is 10.0. The summed E-state index contributed by atoms with van der Waals surface area (Å²) in [6, 6.07) is 20.8.